The zero-order chi connectivity index (χ0) is 11.0. The summed E-state index contributed by atoms with van der Waals surface area (Å²) in [5.74, 6) is -0.912. The molecule has 1 aromatic rings. The molecule has 15 heavy (non-hydrogen) atoms. The average Bonchev–Trinajstić information content (AvgIpc) is 2.99. The minimum atomic E-state index is -0.912. The molecule has 0 unspecified atom stereocenters. The summed E-state index contributed by atoms with van der Waals surface area (Å²) in [6.45, 7) is 1.87. The zero-order valence-corrected chi connectivity index (χ0v) is 8.90. The quantitative estimate of drug-likeness (QED) is 0.817. The molecule has 1 saturated carbocycles. The molecule has 1 N–H and O–H groups in total. The predicted octanol–water partition coefficient (Wildman–Crippen LogP) is 1.69. The van der Waals surface area contributed by atoms with Gasteiger partial charge < -0.3 is 10.0 Å². The van der Waals surface area contributed by atoms with Crippen LogP contribution in [-0.2, 0) is 0 Å². The molecule has 2 rings (SSSR count). The summed E-state index contributed by atoms with van der Waals surface area (Å²) >= 11 is 0. The van der Waals surface area contributed by atoms with Crippen LogP contribution in [-0.4, -0.2) is 29.1 Å². The monoisotopic (exact) mass is 206 g/mol. The van der Waals surface area contributed by atoms with Gasteiger partial charge in [-0.15, -0.1) is 0 Å². The van der Waals surface area contributed by atoms with Crippen molar-refractivity contribution in [2.75, 3.05) is 11.9 Å². The molecule has 1 aliphatic carbocycles. The number of aromatic carboxylic acids is 1. The van der Waals surface area contributed by atoms with Crippen LogP contribution >= 0.6 is 0 Å². The molecular weight excluding hydrogens is 192 g/mol. The molecule has 0 spiro atoms. The van der Waals surface area contributed by atoms with E-state index in [1.165, 1.54) is 6.20 Å². The summed E-state index contributed by atoms with van der Waals surface area (Å²) in [6.07, 6.45) is 3.74. The zero-order valence-electron chi connectivity index (χ0n) is 8.90. The molecule has 1 heterocycles. The van der Waals surface area contributed by atoms with Crippen molar-refractivity contribution < 1.29 is 9.90 Å². The molecule has 0 aromatic carbocycles. The Morgan fingerprint density at radius 3 is 2.80 bits per heavy atom. The second kappa shape index (κ2) is 3.53. The summed E-state index contributed by atoms with van der Waals surface area (Å²) < 4.78 is 0. The molecule has 4 nitrogen and oxygen atoms in total. The fraction of sp³-hybridized carbons (Fsp3) is 0.455. The molecule has 0 bridgehead atoms. The number of carboxylic acids is 1. The van der Waals surface area contributed by atoms with Crippen LogP contribution in [0.5, 0.6) is 0 Å². The van der Waals surface area contributed by atoms with Crippen molar-refractivity contribution in [3.63, 3.8) is 0 Å². The Labute approximate surface area is 88.6 Å². The van der Waals surface area contributed by atoms with E-state index < -0.39 is 5.97 Å². The van der Waals surface area contributed by atoms with Crippen LogP contribution in [0.25, 0.3) is 0 Å². The van der Waals surface area contributed by atoms with E-state index in [0.717, 1.165) is 24.2 Å². The van der Waals surface area contributed by atoms with Gasteiger partial charge in [0.15, 0.2) is 0 Å². The summed E-state index contributed by atoms with van der Waals surface area (Å²) in [5, 5.41) is 9.04. The number of aromatic nitrogens is 1. The number of aryl methyl sites for hydroxylation is 1. The average molecular weight is 206 g/mol. The summed E-state index contributed by atoms with van der Waals surface area (Å²) in [6, 6.07) is 2.34. The Morgan fingerprint density at radius 2 is 2.27 bits per heavy atom. The lowest BCUT2D eigenvalue weighted by molar-refractivity contribution is 0.0697. The minimum Gasteiger partial charge on any atom is -0.478 e. The van der Waals surface area contributed by atoms with E-state index in [2.05, 4.69) is 4.98 Å². The van der Waals surface area contributed by atoms with Gasteiger partial charge in [0, 0.05) is 25.0 Å². The van der Waals surface area contributed by atoms with Crippen LogP contribution in [0.1, 0.15) is 28.9 Å². The van der Waals surface area contributed by atoms with Crippen LogP contribution in [0.4, 0.5) is 5.69 Å². The lowest BCUT2D eigenvalue weighted by Gasteiger charge is -2.20. The SMILES string of the molecule is Cc1cc(N(C)C2CC2)c(C(=O)O)cn1. The van der Waals surface area contributed by atoms with Gasteiger partial charge in [-0.25, -0.2) is 4.79 Å². The maximum atomic E-state index is 11.0. The van der Waals surface area contributed by atoms with Gasteiger partial charge in [0.2, 0.25) is 0 Å². The van der Waals surface area contributed by atoms with Crippen molar-refractivity contribution in [3.8, 4) is 0 Å². The van der Waals surface area contributed by atoms with E-state index in [-0.39, 0.29) is 5.56 Å². The van der Waals surface area contributed by atoms with Gasteiger partial charge in [-0.05, 0) is 25.8 Å². The van der Waals surface area contributed by atoms with Crippen molar-refractivity contribution in [1.29, 1.82) is 0 Å². The third kappa shape index (κ3) is 1.93. The minimum absolute atomic E-state index is 0.287. The van der Waals surface area contributed by atoms with Gasteiger partial charge in [0.25, 0.3) is 0 Å². The molecule has 0 atom stereocenters. The van der Waals surface area contributed by atoms with E-state index in [1.54, 1.807) is 0 Å². The van der Waals surface area contributed by atoms with Gasteiger partial charge in [-0.2, -0.15) is 0 Å². The normalized spacial score (nSPS) is 15.1. The Bertz CT molecular complexity index is 400. The topological polar surface area (TPSA) is 53.4 Å². The van der Waals surface area contributed by atoms with Crippen molar-refractivity contribution in [2.45, 2.75) is 25.8 Å². The lowest BCUT2D eigenvalue weighted by Crippen LogP contribution is -2.22. The molecule has 80 valence electrons. The molecule has 0 saturated heterocycles. The Balaban J connectivity index is 2.41. The van der Waals surface area contributed by atoms with Gasteiger partial charge in [-0.1, -0.05) is 0 Å². The first-order valence-electron chi connectivity index (χ1n) is 5.02. The second-order valence-electron chi connectivity index (χ2n) is 3.99. The Kier molecular flexibility index (Phi) is 2.34. The van der Waals surface area contributed by atoms with Crippen molar-refractivity contribution in [1.82, 2.24) is 4.98 Å². The van der Waals surface area contributed by atoms with Gasteiger partial charge in [0.1, 0.15) is 5.56 Å². The maximum Gasteiger partial charge on any atom is 0.339 e. The number of anilines is 1. The third-order valence-electron chi connectivity index (χ3n) is 2.72. The van der Waals surface area contributed by atoms with E-state index in [1.807, 2.05) is 24.9 Å². The van der Waals surface area contributed by atoms with Crippen LogP contribution in [0.15, 0.2) is 12.3 Å². The molecule has 1 aliphatic rings. The van der Waals surface area contributed by atoms with Crippen LogP contribution in [0, 0.1) is 6.92 Å². The predicted molar refractivity (Wildman–Crippen MR) is 57.4 cm³/mol. The fourth-order valence-electron chi connectivity index (χ4n) is 1.66. The lowest BCUT2D eigenvalue weighted by atomic mass is 10.2. The number of rotatable bonds is 3. The standard InChI is InChI=1S/C11H14N2O2/c1-7-5-10(13(2)8-3-4-8)9(6-12-7)11(14)15/h5-6,8H,3-4H2,1-2H3,(H,14,15). The van der Waals surface area contributed by atoms with E-state index in [4.69, 9.17) is 5.11 Å². The van der Waals surface area contributed by atoms with Gasteiger partial charge in [0.05, 0.1) is 5.69 Å². The summed E-state index contributed by atoms with van der Waals surface area (Å²) in [7, 11) is 1.94. The number of hydrogen-bond donors (Lipinski definition) is 1. The van der Waals surface area contributed by atoms with Crippen LogP contribution < -0.4 is 4.90 Å². The highest BCUT2D eigenvalue weighted by molar-refractivity contribution is 5.94. The Morgan fingerprint density at radius 1 is 1.60 bits per heavy atom. The van der Waals surface area contributed by atoms with Gasteiger partial charge >= 0.3 is 5.97 Å². The van der Waals surface area contributed by atoms with Crippen molar-refractivity contribution in [2.24, 2.45) is 0 Å². The highest BCUT2D eigenvalue weighted by Crippen LogP contribution is 2.32. The number of hydrogen-bond acceptors (Lipinski definition) is 3. The highest BCUT2D eigenvalue weighted by Gasteiger charge is 2.28. The molecule has 0 aliphatic heterocycles. The smallest absolute Gasteiger partial charge is 0.339 e. The maximum absolute atomic E-state index is 11.0. The molecular formula is C11H14N2O2. The second-order valence-corrected chi connectivity index (χ2v) is 3.99. The van der Waals surface area contributed by atoms with Gasteiger partial charge in [-0.3, -0.25) is 4.98 Å². The van der Waals surface area contributed by atoms with E-state index in [0.29, 0.717) is 6.04 Å². The van der Waals surface area contributed by atoms with E-state index >= 15 is 0 Å². The van der Waals surface area contributed by atoms with E-state index in [9.17, 15) is 4.79 Å². The molecule has 1 aromatic heterocycles. The highest BCUT2D eigenvalue weighted by atomic mass is 16.4. The van der Waals surface area contributed by atoms with Crippen molar-refractivity contribution >= 4 is 11.7 Å². The third-order valence-corrected chi connectivity index (χ3v) is 2.72. The fourth-order valence-corrected chi connectivity index (χ4v) is 1.66. The largest absolute Gasteiger partial charge is 0.478 e. The Hall–Kier alpha value is -1.58. The molecule has 0 amide bonds. The number of pyridine rings is 1. The number of nitrogens with zero attached hydrogens (tertiary/aromatic N) is 2. The molecule has 0 radical (unpaired) electrons. The molecule has 4 heteroatoms. The molecule has 1 fully saturated rings. The number of carboxylic acid groups (broad SMARTS) is 1. The first-order valence-corrected chi connectivity index (χ1v) is 5.02. The number of carbonyl (C=O) groups is 1. The summed E-state index contributed by atoms with van der Waals surface area (Å²) in [5.41, 5.74) is 1.91. The van der Waals surface area contributed by atoms with Crippen molar-refractivity contribution in [3.05, 3.63) is 23.5 Å². The van der Waals surface area contributed by atoms with Crippen LogP contribution in [0.3, 0.4) is 0 Å². The first kappa shape index (κ1) is 9.96. The summed E-state index contributed by atoms with van der Waals surface area (Å²) in [4.78, 5) is 17.1. The van der Waals surface area contributed by atoms with Crippen LogP contribution in [0.2, 0.25) is 0 Å². The first-order chi connectivity index (χ1) is 7.09.